The lowest BCUT2D eigenvalue weighted by Gasteiger charge is -2.11. The number of carbonyl (C=O) groups is 1. The van der Waals surface area contributed by atoms with Gasteiger partial charge in [0.25, 0.3) is 0 Å². The van der Waals surface area contributed by atoms with Gasteiger partial charge in [-0.1, -0.05) is 19.1 Å². The van der Waals surface area contributed by atoms with Crippen molar-refractivity contribution in [3.8, 4) is 0 Å². The SMILES string of the molecule is CCC(=Cc1ccc(N(C)C)cc1)C(=O)O. The molecule has 3 heteroatoms. The van der Waals surface area contributed by atoms with Crippen LogP contribution in [0.4, 0.5) is 5.69 Å². The Bertz CT molecular complexity index is 391. The highest BCUT2D eigenvalue weighted by Gasteiger charge is 2.04. The number of rotatable bonds is 4. The molecule has 1 aromatic carbocycles. The van der Waals surface area contributed by atoms with Crippen molar-refractivity contribution in [2.75, 3.05) is 19.0 Å². The molecule has 0 aliphatic heterocycles. The van der Waals surface area contributed by atoms with Crippen molar-refractivity contribution in [2.45, 2.75) is 13.3 Å². The standard InChI is InChI=1S/C13H17NO2/c1-4-11(13(15)16)9-10-5-7-12(8-6-10)14(2)3/h5-9H,4H2,1-3H3,(H,15,16). The molecule has 0 aromatic heterocycles. The minimum absolute atomic E-state index is 0.428. The van der Waals surface area contributed by atoms with Crippen LogP contribution in [0.5, 0.6) is 0 Å². The third-order valence-corrected chi connectivity index (χ3v) is 2.41. The largest absolute Gasteiger partial charge is 0.478 e. The Morgan fingerprint density at radius 1 is 1.31 bits per heavy atom. The second-order valence-corrected chi connectivity index (χ2v) is 3.81. The summed E-state index contributed by atoms with van der Waals surface area (Å²) in [5.41, 5.74) is 2.45. The Morgan fingerprint density at radius 3 is 2.25 bits per heavy atom. The summed E-state index contributed by atoms with van der Waals surface area (Å²) in [4.78, 5) is 12.8. The maximum Gasteiger partial charge on any atom is 0.331 e. The fourth-order valence-corrected chi connectivity index (χ4v) is 1.38. The summed E-state index contributed by atoms with van der Waals surface area (Å²) in [5, 5.41) is 8.90. The summed E-state index contributed by atoms with van der Waals surface area (Å²) in [5.74, 6) is -0.848. The van der Waals surface area contributed by atoms with Crippen molar-refractivity contribution in [1.82, 2.24) is 0 Å². The molecule has 0 heterocycles. The zero-order chi connectivity index (χ0) is 12.1. The fraction of sp³-hybridized carbons (Fsp3) is 0.308. The molecule has 0 saturated heterocycles. The Balaban J connectivity index is 2.94. The molecular weight excluding hydrogens is 202 g/mol. The van der Waals surface area contributed by atoms with Crippen LogP contribution in [0.2, 0.25) is 0 Å². The topological polar surface area (TPSA) is 40.5 Å². The summed E-state index contributed by atoms with van der Waals surface area (Å²) in [6, 6.07) is 7.80. The molecule has 0 atom stereocenters. The highest BCUT2D eigenvalue weighted by Crippen LogP contribution is 2.15. The van der Waals surface area contributed by atoms with E-state index in [1.165, 1.54) is 0 Å². The van der Waals surface area contributed by atoms with Crippen LogP contribution in [-0.2, 0) is 4.79 Å². The average Bonchev–Trinajstić information content (AvgIpc) is 2.26. The number of hydrogen-bond acceptors (Lipinski definition) is 2. The number of anilines is 1. The molecule has 16 heavy (non-hydrogen) atoms. The third-order valence-electron chi connectivity index (χ3n) is 2.41. The van der Waals surface area contributed by atoms with E-state index in [-0.39, 0.29) is 0 Å². The van der Waals surface area contributed by atoms with Crippen molar-refractivity contribution in [3.05, 3.63) is 35.4 Å². The van der Waals surface area contributed by atoms with Crippen molar-refractivity contribution < 1.29 is 9.90 Å². The predicted molar refractivity (Wildman–Crippen MR) is 66.7 cm³/mol. The van der Waals surface area contributed by atoms with E-state index in [4.69, 9.17) is 5.11 Å². The van der Waals surface area contributed by atoms with Gasteiger partial charge < -0.3 is 10.0 Å². The van der Waals surface area contributed by atoms with E-state index in [0.29, 0.717) is 12.0 Å². The van der Waals surface area contributed by atoms with Crippen molar-refractivity contribution in [3.63, 3.8) is 0 Å². The molecule has 1 aromatic rings. The Hall–Kier alpha value is -1.77. The smallest absolute Gasteiger partial charge is 0.331 e. The number of aliphatic carboxylic acids is 1. The molecule has 1 N–H and O–H groups in total. The number of nitrogens with zero attached hydrogens (tertiary/aromatic N) is 1. The lowest BCUT2D eigenvalue weighted by Crippen LogP contribution is -2.08. The number of hydrogen-bond donors (Lipinski definition) is 1. The zero-order valence-corrected chi connectivity index (χ0v) is 9.90. The monoisotopic (exact) mass is 219 g/mol. The summed E-state index contributed by atoms with van der Waals surface area (Å²) in [6.45, 7) is 1.84. The van der Waals surface area contributed by atoms with E-state index in [9.17, 15) is 4.79 Å². The highest BCUT2D eigenvalue weighted by atomic mass is 16.4. The molecule has 0 aliphatic carbocycles. The molecule has 1 rings (SSSR count). The Morgan fingerprint density at radius 2 is 1.88 bits per heavy atom. The van der Waals surface area contributed by atoms with E-state index in [1.807, 2.05) is 50.2 Å². The number of benzene rings is 1. The normalized spacial score (nSPS) is 11.3. The third kappa shape index (κ3) is 3.12. The van der Waals surface area contributed by atoms with Gasteiger partial charge in [0.2, 0.25) is 0 Å². The molecular formula is C13H17NO2. The second-order valence-electron chi connectivity index (χ2n) is 3.81. The maximum atomic E-state index is 10.8. The van der Waals surface area contributed by atoms with Crippen molar-refractivity contribution in [2.24, 2.45) is 0 Å². The van der Waals surface area contributed by atoms with Crippen LogP contribution in [0.25, 0.3) is 6.08 Å². The van der Waals surface area contributed by atoms with Crippen LogP contribution in [0, 0.1) is 0 Å². The summed E-state index contributed by atoms with van der Waals surface area (Å²) in [7, 11) is 3.94. The van der Waals surface area contributed by atoms with Crippen molar-refractivity contribution in [1.29, 1.82) is 0 Å². The molecule has 0 fully saturated rings. The van der Waals surface area contributed by atoms with Crippen LogP contribution in [0.3, 0.4) is 0 Å². The summed E-state index contributed by atoms with van der Waals surface area (Å²) in [6.07, 6.45) is 2.24. The summed E-state index contributed by atoms with van der Waals surface area (Å²) < 4.78 is 0. The molecule has 0 radical (unpaired) electrons. The van der Waals surface area contributed by atoms with E-state index in [0.717, 1.165) is 11.3 Å². The molecule has 3 nitrogen and oxygen atoms in total. The Kier molecular flexibility index (Phi) is 4.11. The van der Waals surface area contributed by atoms with Crippen LogP contribution < -0.4 is 4.90 Å². The molecule has 0 amide bonds. The quantitative estimate of drug-likeness (QED) is 0.791. The van der Waals surface area contributed by atoms with Gasteiger partial charge in [-0.15, -0.1) is 0 Å². The molecule has 86 valence electrons. The lowest BCUT2D eigenvalue weighted by atomic mass is 10.1. The Labute approximate surface area is 96.0 Å². The summed E-state index contributed by atoms with van der Waals surface area (Å²) >= 11 is 0. The first-order valence-electron chi connectivity index (χ1n) is 5.26. The first-order chi connectivity index (χ1) is 7.54. The van der Waals surface area contributed by atoms with Gasteiger partial charge in [-0.05, 0) is 30.2 Å². The molecule has 0 spiro atoms. The first-order valence-corrected chi connectivity index (χ1v) is 5.26. The van der Waals surface area contributed by atoms with E-state index < -0.39 is 5.97 Å². The highest BCUT2D eigenvalue weighted by molar-refractivity contribution is 5.92. The average molecular weight is 219 g/mol. The van der Waals surface area contributed by atoms with Gasteiger partial charge in [-0.2, -0.15) is 0 Å². The van der Waals surface area contributed by atoms with Gasteiger partial charge in [0.05, 0.1) is 0 Å². The molecule has 0 bridgehead atoms. The van der Waals surface area contributed by atoms with E-state index >= 15 is 0 Å². The number of carboxylic acids is 1. The van der Waals surface area contributed by atoms with E-state index in [1.54, 1.807) is 6.08 Å². The maximum absolute atomic E-state index is 10.8. The molecule has 0 saturated carbocycles. The van der Waals surface area contributed by atoms with Crippen LogP contribution in [0.15, 0.2) is 29.8 Å². The lowest BCUT2D eigenvalue weighted by molar-refractivity contribution is -0.132. The second kappa shape index (κ2) is 5.35. The van der Waals surface area contributed by atoms with Gasteiger partial charge in [-0.3, -0.25) is 0 Å². The van der Waals surface area contributed by atoms with Crippen LogP contribution in [0.1, 0.15) is 18.9 Å². The van der Waals surface area contributed by atoms with Gasteiger partial charge in [0.15, 0.2) is 0 Å². The number of carboxylic acid groups (broad SMARTS) is 1. The van der Waals surface area contributed by atoms with Gasteiger partial charge in [0, 0.05) is 25.4 Å². The van der Waals surface area contributed by atoms with Crippen LogP contribution >= 0.6 is 0 Å². The van der Waals surface area contributed by atoms with Crippen LogP contribution in [-0.4, -0.2) is 25.2 Å². The minimum Gasteiger partial charge on any atom is -0.478 e. The van der Waals surface area contributed by atoms with Gasteiger partial charge in [-0.25, -0.2) is 4.79 Å². The van der Waals surface area contributed by atoms with Gasteiger partial charge in [0.1, 0.15) is 0 Å². The minimum atomic E-state index is -0.848. The molecule has 0 aliphatic rings. The van der Waals surface area contributed by atoms with E-state index in [2.05, 4.69) is 0 Å². The predicted octanol–water partition coefficient (Wildman–Crippen LogP) is 2.63. The first kappa shape index (κ1) is 12.3. The zero-order valence-electron chi connectivity index (χ0n) is 9.90. The van der Waals surface area contributed by atoms with Gasteiger partial charge >= 0.3 is 5.97 Å². The fourth-order valence-electron chi connectivity index (χ4n) is 1.38. The van der Waals surface area contributed by atoms with Crippen molar-refractivity contribution >= 4 is 17.7 Å². The molecule has 0 unspecified atom stereocenters.